The van der Waals surface area contributed by atoms with Crippen molar-refractivity contribution in [3.05, 3.63) is 101 Å². The predicted octanol–water partition coefficient (Wildman–Crippen LogP) is 12.6. The third-order valence-electron chi connectivity index (χ3n) is 11.6. The molecule has 1 fully saturated rings. The summed E-state index contributed by atoms with van der Waals surface area (Å²) in [5, 5.41) is 30.3. The molecule has 2 atom stereocenters. The van der Waals surface area contributed by atoms with Gasteiger partial charge in [-0.3, -0.25) is 19.5 Å². The second-order valence-corrected chi connectivity index (χ2v) is 17.0. The van der Waals surface area contributed by atoms with E-state index >= 15 is 0 Å². The molecule has 64 heavy (non-hydrogen) atoms. The molecule has 2 unspecified atom stereocenters. The molecule has 10 nitrogen and oxygen atoms in total. The van der Waals surface area contributed by atoms with E-state index < -0.39 is 18.2 Å². The van der Waals surface area contributed by atoms with Crippen LogP contribution in [0.1, 0.15) is 189 Å². The van der Waals surface area contributed by atoms with E-state index in [9.17, 15) is 19.8 Å². The Morgan fingerprint density at radius 3 is 1.81 bits per heavy atom. The van der Waals surface area contributed by atoms with Gasteiger partial charge < -0.3 is 29.5 Å². The van der Waals surface area contributed by atoms with Gasteiger partial charge in [0.15, 0.2) is 0 Å². The minimum absolute atomic E-state index is 0.0618. The molecule has 10 heteroatoms. The number of ether oxygens (including phenoxy) is 3. The van der Waals surface area contributed by atoms with Crippen molar-refractivity contribution in [3.63, 3.8) is 0 Å². The van der Waals surface area contributed by atoms with Gasteiger partial charge in [-0.15, -0.1) is 0 Å². The summed E-state index contributed by atoms with van der Waals surface area (Å²) in [6.45, 7) is 8.86. The Balaban J connectivity index is 0.000000341. The summed E-state index contributed by atoms with van der Waals surface area (Å²) < 4.78 is 16.7. The predicted molar refractivity (Wildman–Crippen MR) is 259 cm³/mol. The van der Waals surface area contributed by atoms with Crippen LogP contribution in [0, 0.1) is 0 Å². The van der Waals surface area contributed by atoms with Gasteiger partial charge in [0.2, 0.25) is 0 Å². The lowest BCUT2D eigenvalue weighted by molar-refractivity contribution is -0.141. The number of hydrogen-bond acceptors (Lipinski definition) is 9. The fourth-order valence-electron chi connectivity index (χ4n) is 7.76. The van der Waals surface area contributed by atoms with Crippen molar-refractivity contribution in [1.29, 1.82) is 0 Å². The quantitative estimate of drug-likeness (QED) is 0.0423. The summed E-state index contributed by atoms with van der Waals surface area (Å²) in [4.78, 5) is 28.7. The zero-order chi connectivity index (χ0) is 46.0. The van der Waals surface area contributed by atoms with Crippen LogP contribution >= 0.6 is 0 Å². The third-order valence-corrected chi connectivity index (χ3v) is 11.6. The summed E-state index contributed by atoms with van der Waals surface area (Å²) in [6, 6.07) is 15.5. The number of aliphatic hydroxyl groups excluding tert-OH is 2. The first kappa shape index (κ1) is 53.8. The topological polar surface area (TPSA) is 139 Å². The second-order valence-electron chi connectivity index (χ2n) is 17.0. The Hall–Kier alpha value is -4.51. The maximum Gasteiger partial charge on any atom is 0.305 e. The number of pyridine rings is 1. The van der Waals surface area contributed by atoms with Crippen LogP contribution in [0.5, 0.6) is 11.5 Å². The van der Waals surface area contributed by atoms with Gasteiger partial charge in [0.25, 0.3) is 0 Å². The standard InChI is InChI=1S/C28H45NO4.C26H35NO4/c1-3-4-5-6-7-8-10-14-24-23-25(33-22-21-29-19-11-9-12-20-29)17-18-26(24)27(30)15-13-16-28(31)32-2;1-2-3-4-5-6-7-8-12-22-18-23(31-20-21-11-10-17-27-19-21)15-16-24(22)25(28)13-9-14-26(29)30/h10,14,17-18,23,27,30H,3-9,11-13,15-16,19-22H2,1-2H3;8,10-12,15-19,25,28H,2-7,9,13-14,20H2,1H3,(H,29,30)/b14-10+;12-8+. The largest absolute Gasteiger partial charge is 0.492 e. The van der Waals surface area contributed by atoms with Crippen molar-refractivity contribution in [2.45, 2.75) is 167 Å². The second kappa shape index (κ2) is 33.9. The van der Waals surface area contributed by atoms with Gasteiger partial charge in [-0.1, -0.05) is 114 Å². The molecular weight excluding hydrogens is 805 g/mol. The van der Waals surface area contributed by atoms with Crippen LogP contribution < -0.4 is 9.47 Å². The van der Waals surface area contributed by atoms with Gasteiger partial charge in [-0.05, 0) is 130 Å². The summed E-state index contributed by atoms with van der Waals surface area (Å²) in [5.41, 5.74) is 4.61. The number of piperidine rings is 1. The zero-order valence-corrected chi connectivity index (χ0v) is 39.4. The van der Waals surface area contributed by atoms with E-state index in [0.717, 1.165) is 65.1 Å². The van der Waals surface area contributed by atoms with Gasteiger partial charge in [0.1, 0.15) is 24.7 Å². The number of carbonyl (C=O) groups excluding carboxylic acids is 1. The van der Waals surface area contributed by atoms with E-state index in [1.165, 1.54) is 97.2 Å². The van der Waals surface area contributed by atoms with Gasteiger partial charge in [-0.25, -0.2) is 0 Å². The fraction of sp³-hybridized carbons (Fsp3) is 0.574. The van der Waals surface area contributed by atoms with E-state index in [2.05, 4.69) is 42.0 Å². The van der Waals surface area contributed by atoms with E-state index in [4.69, 9.17) is 19.3 Å². The Morgan fingerprint density at radius 1 is 0.719 bits per heavy atom. The molecule has 354 valence electrons. The molecule has 1 aliphatic rings. The number of hydrogen-bond donors (Lipinski definition) is 3. The molecule has 0 spiro atoms. The van der Waals surface area contributed by atoms with E-state index in [1.54, 1.807) is 12.4 Å². The third kappa shape index (κ3) is 23.4. The molecule has 0 radical (unpaired) electrons. The lowest BCUT2D eigenvalue weighted by Crippen LogP contribution is -2.33. The Labute approximate surface area is 385 Å². The monoisotopic (exact) mass is 885 g/mol. The number of carbonyl (C=O) groups is 2. The van der Waals surface area contributed by atoms with Crippen molar-refractivity contribution >= 4 is 24.1 Å². The Morgan fingerprint density at radius 2 is 1.28 bits per heavy atom. The number of carboxylic acids is 1. The Kier molecular flexibility index (Phi) is 28.5. The molecule has 1 aromatic heterocycles. The summed E-state index contributed by atoms with van der Waals surface area (Å²) in [6.07, 6.45) is 31.6. The van der Waals surface area contributed by atoms with Crippen molar-refractivity contribution < 1.29 is 39.1 Å². The molecular formula is C54H80N2O8. The molecule has 0 bridgehead atoms. The van der Waals surface area contributed by atoms with Crippen molar-refractivity contribution in [3.8, 4) is 11.5 Å². The molecule has 3 N–H and O–H groups in total. The summed E-state index contributed by atoms with van der Waals surface area (Å²) >= 11 is 0. The van der Waals surface area contributed by atoms with Crippen LogP contribution in [0.2, 0.25) is 0 Å². The van der Waals surface area contributed by atoms with Crippen LogP contribution in [-0.2, 0) is 20.9 Å². The summed E-state index contributed by atoms with van der Waals surface area (Å²) in [5.74, 6) is 0.505. The van der Waals surface area contributed by atoms with Crippen molar-refractivity contribution in [1.82, 2.24) is 9.88 Å². The Bertz CT molecular complexity index is 1760. The SMILES string of the molecule is CCCCCCC/C=C/c1cc(OCCN2CCCCC2)ccc1C(O)CCCC(=O)OC.CCCCCCC/C=C/c1cc(OCc2cccnc2)ccc1C(O)CCCC(=O)O. The minimum Gasteiger partial charge on any atom is -0.492 e. The van der Waals surface area contributed by atoms with Gasteiger partial charge in [0, 0.05) is 37.3 Å². The number of carboxylic acid groups (broad SMARTS) is 1. The first-order chi connectivity index (χ1) is 31.2. The number of aliphatic hydroxyl groups is 2. The lowest BCUT2D eigenvalue weighted by atomic mass is 9.97. The molecule has 2 aromatic carbocycles. The smallest absolute Gasteiger partial charge is 0.305 e. The molecule has 2 heterocycles. The molecule has 1 saturated heterocycles. The lowest BCUT2D eigenvalue weighted by Gasteiger charge is -2.26. The van der Waals surface area contributed by atoms with E-state index in [-0.39, 0.29) is 12.4 Å². The van der Waals surface area contributed by atoms with Gasteiger partial charge in [-0.2, -0.15) is 0 Å². The molecule has 1 aliphatic heterocycles. The maximum atomic E-state index is 11.4. The molecule has 0 amide bonds. The highest BCUT2D eigenvalue weighted by molar-refractivity contribution is 5.69. The molecule has 4 rings (SSSR count). The van der Waals surface area contributed by atoms with Crippen LogP contribution in [0.25, 0.3) is 12.2 Å². The highest BCUT2D eigenvalue weighted by Crippen LogP contribution is 2.30. The van der Waals surface area contributed by atoms with E-state index in [1.807, 2.05) is 54.6 Å². The van der Waals surface area contributed by atoms with Crippen LogP contribution in [0.4, 0.5) is 0 Å². The number of unbranched alkanes of at least 4 members (excludes halogenated alkanes) is 10. The van der Waals surface area contributed by atoms with Gasteiger partial charge >= 0.3 is 11.9 Å². The van der Waals surface area contributed by atoms with Crippen LogP contribution in [-0.4, -0.2) is 70.5 Å². The number of aromatic nitrogens is 1. The van der Waals surface area contributed by atoms with E-state index in [0.29, 0.717) is 45.3 Å². The average Bonchev–Trinajstić information content (AvgIpc) is 3.31. The fourth-order valence-corrected chi connectivity index (χ4v) is 7.76. The number of allylic oxidation sites excluding steroid dienone is 2. The zero-order valence-electron chi connectivity index (χ0n) is 39.4. The highest BCUT2D eigenvalue weighted by Gasteiger charge is 2.16. The number of esters is 1. The highest BCUT2D eigenvalue weighted by atomic mass is 16.5. The molecule has 0 saturated carbocycles. The molecule has 3 aromatic rings. The summed E-state index contributed by atoms with van der Waals surface area (Å²) in [7, 11) is 1.40. The maximum absolute atomic E-state index is 11.4. The van der Waals surface area contributed by atoms with Crippen molar-refractivity contribution in [2.24, 2.45) is 0 Å². The van der Waals surface area contributed by atoms with Gasteiger partial charge in [0.05, 0.1) is 19.3 Å². The first-order valence-corrected chi connectivity index (χ1v) is 24.4. The number of methoxy groups -OCH3 is 1. The number of nitrogens with zero attached hydrogens (tertiary/aromatic N) is 2. The van der Waals surface area contributed by atoms with Crippen LogP contribution in [0.15, 0.2) is 73.1 Å². The number of aliphatic carboxylic acids is 1. The van der Waals surface area contributed by atoms with Crippen LogP contribution in [0.3, 0.4) is 0 Å². The number of likely N-dealkylation sites (tertiary alicyclic amines) is 1. The average molecular weight is 885 g/mol. The number of rotatable bonds is 31. The molecule has 0 aliphatic carbocycles. The number of benzene rings is 2. The van der Waals surface area contributed by atoms with Crippen molar-refractivity contribution in [2.75, 3.05) is 33.4 Å². The first-order valence-electron chi connectivity index (χ1n) is 24.4. The minimum atomic E-state index is -0.838. The normalized spacial score (nSPS) is 14.0.